The van der Waals surface area contributed by atoms with Crippen molar-refractivity contribution in [3.8, 4) is 11.1 Å². The summed E-state index contributed by atoms with van der Waals surface area (Å²) in [6.07, 6.45) is 2.90. The summed E-state index contributed by atoms with van der Waals surface area (Å²) in [5, 5.41) is 2.52. The minimum atomic E-state index is -0.668. The average Bonchev–Trinajstić information content (AvgIpc) is 3.13. The second-order valence-electron chi connectivity index (χ2n) is 7.28. The van der Waals surface area contributed by atoms with E-state index in [9.17, 15) is 9.59 Å². The van der Waals surface area contributed by atoms with E-state index in [1.54, 1.807) is 0 Å². The van der Waals surface area contributed by atoms with Crippen LogP contribution in [0.4, 0.5) is 0 Å². The highest BCUT2D eigenvalue weighted by molar-refractivity contribution is 7.17. The van der Waals surface area contributed by atoms with Crippen LogP contribution in [0.15, 0.2) is 40.8 Å². The Kier molecular flexibility index (Phi) is 6.29. The topological polar surface area (TPSA) is 61.2 Å². The number of hydrogen-bond acceptors (Lipinski definition) is 5. The average molecular weight is 399 g/mol. The van der Waals surface area contributed by atoms with Crippen LogP contribution in [0.25, 0.3) is 21.3 Å². The summed E-state index contributed by atoms with van der Waals surface area (Å²) in [7, 11) is 0. The van der Waals surface area contributed by atoms with Crippen LogP contribution >= 0.6 is 11.3 Å². The molecule has 6 heteroatoms. The Morgan fingerprint density at radius 2 is 1.93 bits per heavy atom. The highest BCUT2D eigenvalue weighted by Crippen LogP contribution is 2.31. The number of carbonyl (C=O) groups excluding carboxylic acids is 1. The molecule has 0 N–H and O–H groups in total. The monoisotopic (exact) mass is 398 g/mol. The van der Waals surface area contributed by atoms with E-state index in [0.717, 1.165) is 17.5 Å². The van der Waals surface area contributed by atoms with E-state index in [1.807, 2.05) is 38.3 Å². The maximum atomic E-state index is 13.3. The number of aromatic nitrogens is 2. The minimum absolute atomic E-state index is 0.200. The van der Waals surface area contributed by atoms with Gasteiger partial charge in [-0.1, -0.05) is 52.0 Å². The second kappa shape index (κ2) is 8.69. The molecule has 0 saturated carbocycles. The fourth-order valence-electron chi connectivity index (χ4n) is 3.12. The first-order valence-electron chi connectivity index (χ1n) is 9.70. The van der Waals surface area contributed by atoms with Crippen molar-refractivity contribution in [3.63, 3.8) is 0 Å². The van der Waals surface area contributed by atoms with E-state index in [4.69, 9.17) is 4.74 Å². The van der Waals surface area contributed by atoms with Crippen molar-refractivity contribution in [2.75, 3.05) is 6.61 Å². The van der Waals surface area contributed by atoms with Gasteiger partial charge < -0.3 is 4.74 Å². The number of benzene rings is 1. The lowest BCUT2D eigenvalue weighted by Crippen LogP contribution is -2.31. The number of nitrogens with zero attached hydrogens (tertiary/aromatic N) is 2. The van der Waals surface area contributed by atoms with Crippen molar-refractivity contribution >= 4 is 27.5 Å². The molecule has 0 saturated heterocycles. The molecule has 5 nitrogen and oxygen atoms in total. The summed E-state index contributed by atoms with van der Waals surface area (Å²) in [6, 6.07) is 7.55. The molecule has 1 atom stereocenters. The largest absolute Gasteiger partial charge is 0.464 e. The van der Waals surface area contributed by atoms with Gasteiger partial charge in [0, 0.05) is 10.9 Å². The van der Waals surface area contributed by atoms with E-state index in [-0.39, 0.29) is 17.4 Å². The van der Waals surface area contributed by atoms with Crippen molar-refractivity contribution < 1.29 is 9.53 Å². The van der Waals surface area contributed by atoms with Gasteiger partial charge in [0.05, 0.1) is 18.3 Å². The predicted molar refractivity (Wildman–Crippen MR) is 114 cm³/mol. The third-order valence-corrected chi connectivity index (χ3v) is 5.63. The van der Waals surface area contributed by atoms with Gasteiger partial charge in [-0.2, -0.15) is 0 Å². The van der Waals surface area contributed by atoms with Gasteiger partial charge in [0.1, 0.15) is 10.9 Å². The molecule has 0 amide bonds. The molecule has 0 bridgehead atoms. The first-order valence-corrected chi connectivity index (χ1v) is 10.6. The van der Waals surface area contributed by atoms with Gasteiger partial charge >= 0.3 is 5.97 Å². The molecule has 1 unspecified atom stereocenters. The van der Waals surface area contributed by atoms with Crippen LogP contribution in [0.1, 0.15) is 45.7 Å². The zero-order valence-electron chi connectivity index (χ0n) is 16.8. The Morgan fingerprint density at radius 3 is 2.54 bits per heavy atom. The number of thiophene rings is 1. The standard InChI is InChI=1S/C22H26N2O3S/c1-5-15-7-9-16(10-8-15)17-12-28-20-19(17)21(25)24(13-23-20)18(6-2)22(26)27-11-14(3)4/h7-10,12-14,18H,5-6,11H2,1-4H3. The number of carbonyl (C=O) groups is 1. The summed E-state index contributed by atoms with van der Waals surface area (Å²) in [6.45, 7) is 8.29. The number of aryl methyl sites for hydroxylation is 1. The lowest BCUT2D eigenvalue weighted by Gasteiger charge is -2.17. The van der Waals surface area contributed by atoms with Crippen LogP contribution in [0.3, 0.4) is 0 Å². The van der Waals surface area contributed by atoms with Crippen LogP contribution in [-0.4, -0.2) is 22.1 Å². The predicted octanol–water partition coefficient (Wildman–Crippen LogP) is 4.84. The Hall–Kier alpha value is -2.47. The smallest absolute Gasteiger partial charge is 0.329 e. The Bertz CT molecular complexity index is 1020. The molecule has 0 fully saturated rings. The maximum absolute atomic E-state index is 13.3. The summed E-state index contributed by atoms with van der Waals surface area (Å²) in [5.41, 5.74) is 2.89. The highest BCUT2D eigenvalue weighted by atomic mass is 32.1. The van der Waals surface area contributed by atoms with Crippen LogP contribution < -0.4 is 5.56 Å². The van der Waals surface area contributed by atoms with Crippen molar-refractivity contribution in [3.05, 3.63) is 51.9 Å². The molecule has 3 rings (SSSR count). The molecule has 28 heavy (non-hydrogen) atoms. The van der Waals surface area contributed by atoms with E-state index >= 15 is 0 Å². The van der Waals surface area contributed by atoms with E-state index in [1.165, 1.54) is 27.8 Å². The van der Waals surface area contributed by atoms with Crippen molar-refractivity contribution in [1.82, 2.24) is 9.55 Å². The lowest BCUT2D eigenvalue weighted by molar-refractivity contribution is -0.149. The molecule has 1 aromatic carbocycles. The minimum Gasteiger partial charge on any atom is -0.464 e. The van der Waals surface area contributed by atoms with Gasteiger partial charge in [-0.25, -0.2) is 9.78 Å². The van der Waals surface area contributed by atoms with Crippen molar-refractivity contribution in [1.29, 1.82) is 0 Å². The molecule has 3 aromatic rings. The molecular formula is C22H26N2O3S. The van der Waals surface area contributed by atoms with Gasteiger partial charge in [-0.05, 0) is 29.9 Å². The second-order valence-corrected chi connectivity index (χ2v) is 8.14. The Balaban J connectivity index is 2.04. The molecule has 0 radical (unpaired) electrons. The van der Waals surface area contributed by atoms with Crippen molar-refractivity contribution in [2.45, 2.75) is 46.6 Å². The zero-order valence-corrected chi connectivity index (χ0v) is 17.6. The van der Waals surface area contributed by atoms with Gasteiger partial charge in [0.2, 0.25) is 0 Å². The molecule has 0 aliphatic carbocycles. The zero-order chi connectivity index (χ0) is 20.3. The van der Waals surface area contributed by atoms with Crippen LogP contribution in [0.2, 0.25) is 0 Å². The molecule has 0 aliphatic rings. The summed E-state index contributed by atoms with van der Waals surface area (Å²) in [5.74, 6) is -0.142. The molecule has 0 spiro atoms. The molecule has 2 aromatic heterocycles. The molecule has 0 aliphatic heterocycles. The van der Waals surface area contributed by atoms with E-state index in [0.29, 0.717) is 23.2 Å². The Labute approximate surface area is 169 Å². The van der Waals surface area contributed by atoms with Gasteiger partial charge in [0.25, 0.3) is 5.56 Å². The quantitative estimate of drug-likeness (QED) is 0.535. The lowest BCUT2D eigenvalue weighted by atomic mass is 10.0. The fraction of sp³-hybridized carbons (Fsp3) is 0.409. The van der Waals surface area contributed by atoms with Gasteiger partial charge in [-0.15, -0.1) is 11.3 Å². The molecular weight excluding hydrogens is 372 g/mol. The number of ether oxygens (including phenoxy) is 1. The number of fused-ring (bicyclic) bond motifs is 1. The summed E-state index contributed by atoms with van der Waals surface area (Å²) >= 11 is 1.44. The van der Waals surface area contributed by atoms with Gasteiger partial charge in [-0.3, -0.25) is 9.36 Å². The highest BCUT2D eigenvalue weighted by Gasteiger charge is 2.24. The third-order valence-electron chi connectivity index (χ3n) is 4.75. The fourth-order valence-corrected chi connectivity index (χ4v) is 4.03. The Morgan fingerprint density at radius 1 is 1.21 bits per heavy atom. The SMILES string of the molecule is CCc1ccc(-c2csc3ncn(C(CC)C(=O)OCC(C)C)c(=O)c23)cc1. The van der Waals surface area contributed by atoms with Crippen LogP contribution in [-0.2, 0) is 16.0 Å². The van der Waals surface area contributed by atoms with E-state index < -0.39 is 6.04 Å². The van der Waals surface area contributed by atoms with Gasteiger partial charge in [0.15, 0.2) is 0 Å². The van der Waals surface area contributed by atoms with Crippen LogP contribution in [0.5, 0.6) is 0 Å². The number of esters is 1. The number of rotatable bonds is 7. The number of hydrogen-bond donors (Lipinski definition) is 0. The first kappa shape index (κ1) is 20.3. The summed E-state index contributed by atoms with van der Waals surface area (Å²) < 4.78 is 6.79. The first-order chi connectivity index (χ1) is 13.5. The van der Waals surface area contributed by atoms with Crippen molar-refractivity contribution in [2.24, 2.45) is 5.92 Å². The molecule has 2 heterocycles. The maximum Gasteiger partial charge on any atom is 0.329 e. The van der Waals surface area contributed by atoms with E-state index in [2.05, 4.69) is 24.0 Å². The summed E-state index contributed by atoms with van der Waals surface area (Å²) in [4.78, 5) is 30.9. The van der Waals surface area contributed by atoms with Crippen LogP contribution in [0, 0.1) is 5.92 Å². The third kappa shape index (κ3) is 4.02. The normalized spacial score (nSPS) is 12.5. The molecule has 148 valence electrons.